The largest absolute Gasteiger partial charge is 0.375 e. The molecule has 13 heavy (non-hydrogen) atoms. The van der Waals surface area contributed by atoms with Gasteiger partial charge in [-0.3, -0.25) is 4.79 Å². The van der Waals surface area contributed by atoms with Crippen LogP contribution in [-0.2, 0) is 9.53 Å². The standard InChI is InChI=1S/C7H14F2N2O2/c1-7(11,6(10)12)2-3-13-4-5(8)9/h5H,2-4,11H2,1H3,(H2,10,12). The maximum atomic E-state index is 11.6. The number of ether oxygens (including phenoxy) is 1. The van der Waals surface area contributed by atoms with Gasteiger partial charge < -0.3 is 16.2 Å². The van der Waals surface area contributed by atoms with E-state index in [2.05, 4.69) is 4.74 Å². The second kappa shape index (κ2) is 5.08. The average Bonchev–Trinajstić information content (AvgIpc) is 1.97. The third-order valence-electron chi connectivity index (χ3n) is 1.57. The molecule has 1 unspecified atom stereocenters. The average molecular weight is 196 g/mol. The molecule has 1 atom stereocenters. The van der Waals surface area contributed by atoms with Crippen LogP contribution in [0.4, 0.5) is 8.78 Å². The van der Waals surface area contributed by atoms with Gasteiger partial charge in [-0.1, -0.05) is 0 Å². The number of rotatable bonds is 6. The molecule has 0 radical (unpaired) electrons. The summed E-state index contributed by atoms with van der Waals surface area (Å²) in [5, 5.41) is 0. The van der Waals surface area contributed by atoms with Crippen molar-refractivity contribution in [3.63, 3.8) is 0 Å². The van der Waals surface area contributed by atoms with Gasteiger partial charge in [0.15, 0.2) is 0 Å². The molecule has 0 aromatic carbocycles. The lowest BCUT2D eigenvalue weighted by Crippen LogP contribution is -2.50. The Morgan fingerprint density at radius 2 is 2.15 bits per heavy atom. The fourth-order valence-corrected chi connectivity index (χ4v) is 0.580. The number of amides is 1. The molecule has 0 aromatic heterocycles. The Kier molecular flexibility index (Phi) is 4.79. The van der Waals surface area contributed by atoms with Crippen molar-refractivity contribution in [2.24, 2.45) is 11.5 Å². The van der Waals surface area contributed by atoms with Crippen molar-refractivity contribution in [1.82, 2.24) is 0 Å². The molecule has 0 heterocycles. The minimum atomic E-state index is -2.50. The van der Waals surface area contributed by atoms with Crippen molar-refractivity contribution in [3.8, 4) is 0 Å². The van der Waals surface area contributed by atoms with Crippen molar-refractivity contribution in [2.75, 3.05) is 13.2 Å². The van der Waals surface area contributed by atoms with Crippen LogP contribution in [0.1, 0.15) is 13.3 Å². The zero-order chi connectivity index (χ0) is 10.5. The van der Waals surface area contributed by atoms with Gasteiger partial charge in [0.1, 0.15) is 6.61 Å². The molecular weight excluding hydrogens is 182 g/mol. The van der Waals surface area contributed by atoms with Crippen LogP contribution in [0.2, 0.25) is 0 Å². The third-order valence-corrected chi connectivity index (χ3v) is 1.57. The Morgan fingerprint density at radius 3 is 2.54 bits per heavy atom. The van der Waals surface area contributed by atoms with Gasteiger partial charge in [0, 0.05) is 6.61 Å². The van der Waals surface area contributed by atoms with Gasteiger partial charge in [-0.15, -0.1) is 0 Å². The first-order valence-corrected chi connectivity index (χ1v) is 3.81. The predicted molar refractivity (Wildman–Crippen MR) is 43.2 cm³/mol. The van der Waals surface area contributed by atoms with E-state index in [1.165, 1.54) is 6.92 Å². The maximum Gasteiger partial charge on any atom is 0.261 e. The van der Waals surface area contributed by atoms with Gasteiger partial charge in [0.25, 0.3) is 6.43 Å². The first kappa shape index (κ1) is 12.2. The van der Waals surface area contributed by atoms with E-state index >= 15 is 0 Å². The van der Waals surface area contributed by atoms with Crippen LogP contribution in [0.15, 0.2) is 0 Å². The molecule has 0 aliphatic rings. The van der Waals surface area contributed by atoms with Crippen LogP contribution in [0, 0.1) is 0 Å². The number of hydrogen-bond acceptors (Lipinski definition) is 3. The highest BCUT2D eigenvalue weighted by Gasteiger charge is 2.25. The number of primary amides is 1. The summed E-state index contributed by atoms with van der Waals surface area (Å²) >= 11 is 0. The Balaban J connectivity index is 3.58. The summed E-state index contributed by atoms with van der Waals surface area (Å²) in [6.45, 7) is 0.788. The maximum absolute atomic E-state index is 11.6. The van der Waals surface area contributed by atoms with Crippen molar-refractivity contribution < 1.29 is 18.3 Å². The summed E-state index contributed by atoms with van der Waals surface area (Å²) in [6, 6.07) is 0. The Labute approximate surface area is 75.2 Å². The molecule has 0 saturated heterocycles. The van der Waals surface area contributed by atoms with Gasteiger partial charge in [0.2, 0.25) is 5.91 Å². The summed E-state index contributed by atoms with van der Waals surface area (Å²) in [6.07, 6.45) is -2.37. The zero-order valence-corrected chi connectivity index (χ0v) is 7.43. The summed E-state index contributed by atoms with van der Waals surface area (Å²) in [4.78, 5) is 10.6. The van der Waals surface area contributed by atoms with Crippen molar-refractivity contribution in [3.05, 3.63) is 0 Å². The minimum Gasteiger partial charge on any atom is -0.375 e. The fourth-order valence-electron chi connectivity index (χ4n) is 0.580. The van der Waals surface area contributed by atoms with Gasteiger partial charge in [-0.05, 0) is 13.3 Å². The van der Waals surface area contributed by atoms with E-state index in [0.717, 1.165) is 0 Å². The summed E-state index contributed by atoms with van der Waals surface area (Å²) < 4.78 is 27.7. The van der Waals surface area contributed by atoms with Crippen LogP contribution in [0.25, 0.3) is 0 Å². The Morgan fingerprint density at radius 1 is 1.62 bits per heavy atom. The molecule has 0 aliphatic carbocycles. The van der Waals surface area contributed by atoms with Crippen LogP contribution in [0.3, 0.4) is 0 Å². The second-order valence-electron chi connectivity index (χ2n) is 3.00. The lowest BCUT2D eigenvalue weighted by molar-refractivity contribution is -0.123. The molecule has 1 amide bonds. The molecular formula is C7H14F2N2O2. The van der Waals surface area contributed by atoms with Gasteiger partial charge >= 0.3 is 0 Å². The summed E-state index contributed by atoms with van der Waals surface area (Å²) in [5.41, 5.74) is 9.19. The summed E-state index contributed by atoms with van der Waals surface area (Å²) in [5.74, 6) is -0.673. The number of nitrogens with two attached hydrogens (primary N) is 2. The summed E-state index contributed by atoms with van der Waals surface area (Å²) in [7, 11) is 0. The molecule has 0 aromatic rings. The molecule has 0 aliphatic heterocycles. The quantitative estimate of drug-likeness (QED) is 0.580. The van der Waals surface area contributed by atoms with Crippen LogP contribution >= 0.6 is 0 Å². The SMILES string of the molecule is CC(N)(CCOCC(F)F)C(N)=O. The van der Waals surface area contributed by atoms with Crippen LogP contribution < -0.4 is 11.5 Å². The number of carbonyl (C=O) groups excluding carboxylic acids is 1. The molecule has 6 heteroatoms. The lowest BCUT2D eigenvalue weighted by Gasteiger charge is -2.19. The molecule has 0 fully saturated rings. The Hall–Kier alpha value is -0.750. The third kappa shape index (κ3) is 5.48. The number of halogens is 2. The highest BCUT2D eigenvalue weighted by atomic mass is 19.3. The van der Waals surface area contributed by atoms with E-state index in [0.29, 0.717) is 0 Å². The molecule has 4 nitrogen and oxygen atoms in total. The number of alkyl halides is 2. The zero-order valence-electron chi connectivity index (χ0n) is 7.43. The lowest BCUT2D eigenvalue weighted by atomic mass is 9.99. The molecule has 4 N–H and O–H groups in total. The van der Waals surface area contributed by atoms with Gasteiger partial charge in [0.05, 0.1) is 5.54 Å². The van der Waals surface area contributed by atoms with E-state index in [9.17, 15) is 13.6 Å². The first-order valence-electron chi connectivity index (χ1n) is 3.81. The van der Waals surface area contributed by atoms with Crippen molar-refractivity contribution in [2.45, 2.75) is 25.3 Å². The van der Waals surface area contributed by atoms with E-state index in [1.807, 2.05) is 0 Å². The first-order chi connectivity index (χ1) is 5.86. The fraction of sp³-hybridized carbons (Fsp3) is 0.857. The highest BCUT2D eigenvalue weighted by molar-refractivity contribution is 5.83. The molecule has 0 saturated carbocycles. The minimum absolute atomic E-state index is 0.000278. The van der Waals surface area contributed by atoms with Crippen molar-refractivity contribution in [1.29, 1.82) is 0 Å². The van der Waals surface area contributed by atoms with E-state index in [4.69, 9.17) is 11.5 Å². The molecule has 0 bridgehead atoms. The van der Waals surface area contributed by atoms with Crippen LogP contribution in [0.5, 0.6) is 0 Å². The molecule has 0 rings (SSSR count). The van der Waals surface area contributed by atoms with Crippen molar-refractivity contribution >= 4 is 5.91 Å². The van der Waals surface area contributed by atoms with Gasteiger partial charge in [-0.25, -0.2) is 8.78 Å². The smallest absolute Gasteiger partial charge is 0.261 e. The number of hydrogen-bond donors (Lipinski definition) is 2. The topological polar surface area (TPSA) is 78.3 Å². The van der Waals surface area contributed by atoms with Gasteiger partial charge in [-0.2, -0.15) is 0 Å². The van der Waals surface area contributed by atoms with Crippen LogP contribution in [-0.4, -0.2) is 31.1 Å². The monoisotopic (exact) mass is 196 g/mol. The predicted octanol–water partition coefficient (Wildman–Crippen LogP) is -0.139. The normalized spacial score (nSPS) is 15.8. The van der Waals surface area contributed by atoms with E-state index < -0.39 is 24.5 Å². The molecule has 0 spiro atoms. The second-order valence-corrected chi connectivity index (χ2v) is 3.00. The van der Waals surface area contributed by atoms with E-state index in [1.54, 1.807) is 0 Å². The molecule has 78 valence electrons. The number of carbonyl (C=O) groups is 1. The Bertz CT molecular complexity index is 174. The van der Waals surface area contributed by atoms with E-state index in [-0.39, 0.29) is 13.0 Å². The highest BCUT2D eigenvalue weighted by Crippen LogP contribution is 2.05.